The summed E-state index contributed by atoms with van der Waals surface area (Å²) in [6, 6.07) is 12.8. The minimum Gasteiger partial charge on any atom is -0.493 e. The third kappa shape index (κ3) is 5.87. The van der Waals surface area contributed by atoms with Gasteiger partial charge in [-0.3, -0.25) is 9.59 Å². The van der Waals surface area contributed by atoms with Gasteiger partial charge >= 0.3 is 0 Å². The van der Waals surface area contributed by atoms with Gasteiger partial charge < -0.3 is 19.7 Å². The van der Waals surface area contributed by atoms with Crippen LogP contribution in [0.5, 0.6) is 11.5 Å². The Hall–Kier alpha value is -2.73. The fraction of sp³-hybridized carbons (Fsp3) is 0.364. The van der Waals surface area contributed by atoms with E-state index in [0.29, 0.717) is 28.8 Å². The van der Waals surface area contributed by atoms with Crippen molar-refractivity contribution in [2.75, 3.05) is 25.6 Å². The zero-order valence-corrected chi connectivity index (χ0v) is 17.4. The van der Waals surface area contributed by atoms with Gasteiger partial charge in [-0.15, -0.1) is 0 Å². The number of nitrogens with zero attached hydrogens (tertiary/aromatic N) is 1. The van der Waals surface area contributed by atoms with E-state index in [1.54, 1.807) is 30.2 Å². The molecular formula is C22H25ClN2O4. The van der Waals surface area contributed by atoms with Gasteiger partial charge in [0.25, 0.3) is 5.91 Å². The SMILES string of the molecule is COc1ccccc1OCC(=O)N(CCC(=O)Nc1ccc(C)c(Cl)c1)C1CC1. The first-order chi connectivity index (χ1) is 14.0. The molecule has 1 aliphatic rings. The Bertz CT molecular complexity index is 883. The highest BCUT2D eigenvalue weighted by Crippen LogP contribution is 2.29. The number of halogens is 1. The molecule has 2 amide bonds. The number of methoxy groups -OCH3 is 1. The second kappa shape index (κ2) is 9.65. The predicted molar refractivity (Wildman–Crippen MR) is 113 cm³/mol. The second-order valence-electron chi connectivity index (χ2n) is 7.02. The maximum absolute atomic E-state index is 12.7. The van der Waals surface area contributed by atoms with E-state index in [4.69, 9.17) is 21.1 Å². The molecule has 1 fully saturated rings. The number of rotatable bonds is 9. The van der Waals surface area contributed by atoms with E-state index in [2.05, 4.69) is 5.32 Å². The summed E-state index contributed by atoms with van der Waals surface area (Å²) in [7, 11) is 1.56. The van der Waals surface area contributed by atoms with Crippen LogP contribution in [0, 0.1) is 6.92 Å². The molecule has 2 aromatic rings. The van der Waals surface area contributed by atoms with E-state index >= 15 is 0 Å². The Balaban J connectivity index is 1.52. The zero-order valence-electron chi connectivity index (χ0n) is 16.6. The van der Waals surface area contributed by atoms with Crippen LogP contribution in [0.4, 0.5) is 5.69 Å². The molecule has 0 heterocycles. The van der Waals surface area contributed by atoms with E-state index in [1.807, 2.05) is 31.2 Å². The molecule has 1 aliphatic carbocycles. The number of carbonyl (C=O) groups is 2. The molecule has 0 radical (unpaired) electrons. The summed E-state index contributed by atoms with van der Waals surface area (Å²) in [6.07, 6.45) is 2.12. The number of anilines is 1. The highest BCUT2D eigenvalue weighted by atomic mass is 35.5. The van der Waals surface area contributed by atoms with Crippen molar-refractivity contribution < 1.29 is 19.1 Å². The number of carbonyl (C=O) groups excluding carboxylic acids is 2. The van der Waals surface area contributed by atoms with Crippen LogP contribution in [0.2, 0.25) is 5.02 Å². The number of hydrogen-bond donors (Lipinski definition) is 1. The van der Waals surface area contributed by atoms with Gasteiger partial charge in [0.15, 0.2) is 18.1 Å². The van der Waals surface area contributed by atoms with Crippen molar-refractivity contribution in [3.05, 3.63) is 53.1 Å². The first-order valence-corrected chi connectivity index (χ1v) is 9.97. The summed E-state index contributed by atoms with van der Waals surface area (Å²) in [6.45, 7) is 2.16. The minimum atomic E-state index is -0.158. The molecule has 1 saturated carbocycles. The average molecular weight is 417 g/mol. The van der Waals surface area contributed by atoms with Crippen molar-refractivity contribution in [1.29, 1.82) is 0 Å². The van der Waals surface area contributed by atoms with E-state index in [0.717, 1.165) is 18.4 Å². The molecule has 0 aromatic heterocycles. The molecule has 3 rings (SSSR count). The van der Waals surface area contributed by atoms with Crippen LogP contribution in [0.15, 0.2) is 42.5 Å². The quantitative estimate of drug-likeness (QED) is 0.669. The summed E-state index contributed by atoms with van der Waals surface area (Å²) >= 11 is 6.10. The van der Waals surface area contributed by atoms with Crippen LogP contribution in [-0.2, 0) is 9.59 Å². The normalized spacial score (nSPS) is 12.9. The Kier molecular flexibility index (Phi) is 6.99. The molecule has 0 aliphatic heterocycles. The smallest absolute Gasteiger partial charge is 0.260 e. The topological polar surface area (TPSA) is 67.9 Å². The van der Waals surface area contributed by atoms with Gasteiger partial charge in [-0.05, 0) is 49.6 Å². The van der Waals surface area contributed by atoms with Crippen LogP contribution < -0.4 is 14.8 Å². The highest BCUT2D eigenvalue weighted by Gasteiger charge is 2.32. The molecule has 0 saturated heterocycles. The maximum atomic E-state index is 12.7. The molecule has 0 atom stereocenters. The number of nitrogens with one attached hydrogen (secondary N) is 1. The largest absolute Gasteiger partial charge is 0.493 e. The molecule has 29 heavy (non-hydrogen) atoms. The number of amides is 2. The maximum Gasteiger partial charge on any atom is 0.260 e. The van der Waals surface area contributed by atoms with Crippen molar-refractivity contribution in [3.8, 4) is 11.5 Å². The second-order valence-corrected chi connectivity index (χ2v) is 7.43. The molecular weight excluding hydrogens is 392 g/mol. The van der Waals surface area contributed by atoms with Crippen LogP contribution in [0.3, 0.4) is 0 Å². The number of benzene rings is 2. The molecule has 0 unspecified atom stereocenters. The lowest BCUT2D eigenvalue weighted by molar-refractivity contribution is -0.134. The zero-order chi connectivity index (χ0) is 20.8. The predicted octanol–water partition coefficient (Wildman–Crippen LogP) is 4.06. The van der Waals surface area contributed by atoms with Gasteiger partial charge in [0.1, 0.15) is 0 Å². The van der Waals surface area contributed by atoms with Crippen LogP contribution in [-0.4, -0.2) is 43.0 Å². The van der Waals surface area contributed by atoms with Gasteiger partial charge in [-0.1, -0.05) is 29.8 Å². The standard InChI is InChI=1S/C22H25ClN2O4/c1-15-7-8-16(13-18(15)23)24-21(26)11-12-25(17-9-10-17)22(27)14-29-20-6-4-3-5-19(20)28-2/h3-8,13,17H,9-12,14H2,1-2H3,(H,24,26). The lowest BCUT2D eigenvalue weighted by atomic mass is 10.2. The van der Waals surface area contributed by atoms with Crippen molar-refractivity contribution in [2.45, 2.75) is 32.2 Å². The van der Waals surface area contributed by atoms with Crippen molar-refractivity contribution in [1.82, 2.24) is 4.90 Å². The van der Waals surface area contributed by atoms with Crippen LogP contribution in [0.1, 0.15) is 24.8 Å². The monoisotopic (exact) mass is 416 g/mol. The van der Waals surface area contributed by atoms with Crippen LogP contribution in [0.25, 0.3) is 0 Å². The Labute approximate surface area is 175 Å². The third-order valence-corrected chi connectivity index (χ3v) is 5.17. The molecule has 2 aromatic carbocycles. The van der Waals surface area contributed by atoms with Crippen molar-refractivity contribution in [2.24, 2.45) is 0 Å². The van der Waals surface area contributed by atoms with E-state index in [9.17, 15) is 9.59 Å². The van der Waals surface area contributed by atoms with Crippen molar-refractivity contribution in [3.63, 3.8) is 0 Å². The number of aryl methyl sites for hydroxylation is 1. The van der Waals surface area contributed by atoms with E-state index < -0.39 is 0 Å². The van der Waals surface area contributed by atoms with Crippen molar-refractivity contribution >= 4 is 29.1 Å². The van der Waals surface area contributed by atoms with Gasteiger partial charge in [-0.2, -0.15) is 0 Å². The lowest BCUT2D eigenvalue weighted by Crippen LogP contribution is -2.38. The molecule has 6 nitrogen and oxygen atoms in total. The third-order valence-electron chi connectivity index (χ3n) is 4.76. The Morgan fingerprint density at radius 3 is 2.55 bits per heavy atom. The minimum absolute atomic E-state index is 0.0912. The fourth-order valence-corrected chi connectivity index (χ4v) is 3.15. The number of para-hydroxylation sites is 2. The molecule has 0 spiro atoms. The van der Waals surface area contributed by atoms with E-state index in [-0.39, 0.29) is 30.9 Å². The average Bonchev–Trinajstić information content (AvgIpc) is 3.54. The summed E-state index contributed by atoms with van der Waals surface area (Å²) in [5.41, 5.74) is 1.60. The summed E-state index contributed by atoms with van der Waals surface area (Å²) < 4.78 is 10.9. The van der Waals surface area contributed by atoms with Gasteiger partial charge in [-0.25, -0.2) is 0 Å². The summed E-state index contributed by atoms with van der Waals surface area (Å²) in [4.78, 5) is 26.7. The molecule has 1 N–H and O–H groups in total. The Morgan fingerprint density at radius 1 is 1.17 bits per heavy atom. The highest BCUT2D eigenvalue weighted by molar-refractivity contribution is 6.31. The summed E-state index contributed by atoms with van der Waals surface area (Å²) in [5, 5.41) is 3.43. The van der Waals surface area contributed by atoms with Gasteiger partial charge in [0.05, 0.1) is 7.11 Å². The first kappa shape index (κ1) is 21.0. The molecule has 0 bridgehead atoms. The van der Waals surface area contributed by atoms with Gasteiger partial charge in [0, 0.05) is 29.7 Å². The molecule has 154 valence electrons. The lowest BCUT2D eigenvalue weighted by Gasteiger charge is -2.22. The number of ether oxygens (including phenoxy) is 2. The fourth-order valence-electron chi connectivity index (χ4n) is 2.97. The first-order valence-electron chi connectivity index (χ1n) is 9.59. The van der Waals surface area contributed by atoms with Crippen LogP contribution >= 0.6 is 11.6 Å². The van der Waals surface area contributed by atoms with E-state index in [1.165, 1.54) is 0 Å². The number of hydrogen-bond acceptors (Lipinski definition) is 4. The van der Waals surface area contributed by atoms with Gasteiger partial charge in [0.2, 0.25) is 5.91 Å². The Morgan fingerprint density at radius 2 is 1.90 bits per heavy atom. The summed E-state index contributed by atoms with van der Waals surface area (Å²) in [5.74, 6) is 0.807. The molecule has 7 heteroatoms.